The van der Waals surface area contributed by atoms with E-state index in [0.29, 0.717) is 0 Å². The molecular formula is C8H12O3. The summed E-state index contributed by atoms with van der Waals surface area (Å²) in [5, 5.41) is 9.36. The maximum absolute atomic E-state index is 9.36. The summed E-state index contributed by atoms with van der Waals surface area (Å²) in [4.78, 5) is 0. The molecule has 0 radical (unpaired) electrons. The van der Waals surface area contributed by atoms with E-state index >= 15 is 0 Å². The number of fused-ring (bicyclic) bond motifs is 1. The van der Waals surface area contributed by atoms with Gasteiger partial charge >= 0.3 is 0 Å². The molecule has 0 aromatic heterocycles. The average molecular weight is 156 g/mol. The van der Waals surface area contributed by atoms with E-state index in [4.69, 9.17) is 9.47 Å². The smallest absolute Gasteiger partial charge is 0.244 e. The number of hydrogen-bond acceptors (Lipinski definition) is 3. The SMILES string of the molecule is CC(O)[C@@]12OC=C[C@@H]1[C@@H](C)O2. The monoisotopic (exact) mass is 156 g/mol. The Morgan fingerprint density at radius 1 is 1.64 bits per heavy atom. The van der Waals surface area contributed by atoms with Crippen LogP contribution in [-0.4, -0.2) is 23.1 Å². The lowest BCUT2D eigenvalue weighted by Gasteiger charge is -2.49. The Hall–Kier alpha value is -0.540. The largest absolute Gasteiger partial charge is 0.467 e. The Kier molecular flexibility index (Phi) is 1.29. The van der Waals surface area contributed by atoms with Gasteiger partial charge < -0.3 is 14.6 Å². The Morgan fingerprint density at radius 2 is 2.36 bits per heavy atom. The van der Waals surface area contributed by atoms with Crippen molar-refractivity contribution in [2.24, 2.45) is 5.92 Å². The molecule has 0 aromatic rings. The van der Waals surface area contributed by atoms with E-state index in [9.17, 15) is 5.11 Å². The second-order valence-electron chi connectivity index (χ2n) is 3.19. The van der Waals surface area contributed by atoms with E-state index in [1.807, 2.05) is 13.0 Å². The van der Waals surface area contributed by atoms with Crippen LogP contribution in [0.5, 0.6) is 0 Å². The Balaban J connectivity index is 2.18. The highest BCUT2D eigenvalue weighted by atomic mass is 16.7. The van der Waals surface area contributed by atoms with Crippen molar-refractivity contribution in [1.29, 1.82) is 0 Å². The molecule has 11 heavy (non-hydrogen) atoms. The van der Waals surface area contributed by atoms with E-state index in [0.717, 1.165) is 0 Å². The highest BCUT2D eigenvalue weighted by Crippen LogP contribution is 2.47. The first-order valence-corrected chi connectivity index (χ1v) is 3.87. The first-order valence-electron chi connectivity index (χ1n) is 3.87. The molecule has 2 aliphatic rings. The fourth-order valence-corrected chi connectivity index (χ4v) is 1.80. The van der Waals surface area contributed by atoms with Crippen LogP contribution < -0.4 is 0 Å². The zero-order valence-corrected chi connectivity index (χ0v) is 6.65. The Bertz CT molecular complexity index is 200. The molecule has 2 heterocycles. The van der Waals surface area contributed by atoms with Gasteiger partial charge in [-0.25, -0.2) is 0 Å². The van der Waals surface area contributed by atoms with Crippen LogP contribution in [0, 0.1) is 5.92 Å². The third-order valence-electron chi connectivity index (χ3n) is 2.46. The molecule has 4 atom stereocenters. The minimum Gasteiger partial charge on any atom is -0.467 e. The van der Waals surface area contributed by atoms with Gasteiger partial charge in [-0.1, -0.05) is 0 Å². The van der Waals surface area contributed by atoms with Gasteiger partial charge in [0.2, 0.25) is 5.79 Å². The standard InChI is InChI=1S/C8H12O3/c1-5-7-3-4-10-8(7,11-5)6(2)9/h3-7,9H,1-2H3/t5-,6?,7-,8+/m1/s1. The fourth-order valence-electron chi connectivity index (χ4n) is 1.80. The quantitative estimate of drug-likeness (QED) is 0.605. The number of rotatable bonds is 1. The van der Waals surface area contributed by atoms with E-state index < -0.39 is 11.9 Å². The third kappa shape index (κ3) is 0.698. The molecule has 1 N–H and O–H groups in total. The van der Waals surface area contributed by atoms with E-state index in [1.54, 1.807) is 13.2 Å². The highest BCUT2D eigenvalue weighted by Gasteiger charge is 2.60. The van der Waals surface area contributed by atoms with Crippen LogP contribution in [0.2, 0.25) is 0 Å². The number of ether oxygens (including phenoxy) is 2. The minimum atomic E-state index is -0.751. The van der Waals surface area contributed by atoms with E-state index in [1.165, 1.54) is 0 Å². The molecule has 1 fully saturated rings. The van der Waals surface area contributed by atoms with E-state index in [2.05, 4.69) is 0 Å². The first kappa shape index (κ1) is 7.13. The van der Waals surface area contributed by atoms with Crippen LogP contribution in [0.1, 0.15) is 13.8 Å². The Labute approximate surface area is 65.6 Å². The summed E-state index contributed by atoms with van der Waals surface area (Å²) in [6, 6.07) is 0. The number of aliphatic hydroxyl groups is 1. The summed E-state index contributed by atoms with van der Waals surface area (Å²) >= 11 is 0. The zero-order valence-electron chi connectivity index (χ0n) is 6.65. The maximum atomic E-state index is 9.36. The molecule has 1 saturated heterocycles. The van der Waals surface area contributed by atoms with Gasteiger partial charge in [0.1, 0.15) is 6.10 Å². The topological polar surface area (TPSA) is 38.7 Å². The summed E-state index contributed by atoms with van der Waals surface area (Å²) in [6.45, 7) is 3.66. The molecule has 0 saturated carbocycles. The molecule has 0 aliphatic carbocycles. The molecule has 3 heteroatoms. The first-order chi connectivity index (χ1) is 5.17. The van der Waals surface area contributed by atoms with Crippen LogP contribution >= 0.6 is 0 Å². The summed E-state index contributed by atoms with van der Waals surface area (Å²) in [6.07, 6.45) is 3.16. The van der Waals surface area contributed by atoms with Gasteiger partial charge in [-0.2, -0.15) is 0 Å². The molecule has 0 bridgehead atoms. The van der Waals surface area contributed by atoms with Crippen LogP contribution in [0.4, 0.5) is 0 Å². The van der Waals surface area contributed by atoms with Crippen molar-refractivity contribution >= 4 is 0 Å². The average Bonchev–Trinajstić information content (AvgIpc) is 2.26. The lowest BCUT2D eigenvalue weighted by molar-refractivity contribution is -0.367. The van der Waals surface area contributed by atoms with Gasteiger partial charge in [0.25, 0.3) is 0 Å². The normalized spacial score (nSPS) is 49.4. The molecule has 2 rings (SSSR count). The second kappa shape index (κ2) is 1.99. The van der Waals surface area contributed by atoms with E-state index in [-0.39, 0.29) is 12.0 Å². The van der Waals surface area contributed by atoms with Gasteiger partial charge in [-0.3, -0.25) is 0 Å². The minimum absolute atomic E-state index is 0.170. The van der Waals surface area contributed by atoms with Crippen molar-refractivity contribution in [3.63, 3.8) is 0 Å². The van der Waals surface area contributed by atoms with Crippen molar-refractivity contribution in [1.82, 2.24) is 0 Å². The van der Waals surface area contributed by atoms with Gasteiger partial charge in [0.15, 0.2) is 0 Å². The van der Waals surface area contributed by atoms with Gasteiger partial charge in [-0.15, -0.1) is 0 Å². The van der Waals surface area contributed by atoms with Crippen molar-refractivity contribution < 1.29 is 14.6 Å². The predicted molar refractivity (Wildman–Crippen MR) is 38.7 cm³/mol. The molecular weight excluding hydrogens is 144 g/mol. The summed E-state index contributed by atoms with van der Waals surface area (Å²) in [5.41, 5.74) is 0. The summed E-state index contributed by atoms with van der Waals surface area (Å²) in [5.74, 6) is -0.526. The molecule has 1 unspecified atom stereocenters. The van der Waals surface area contributed by atoms with Crippen LogP contribution in [0.25, 0.3) is 0 Å². The highest BCUT2D eigenvalue weighted by molar-refractivity contribution is 5.11. The predicted octanol–water partition coefficient (Wildman–Crippen LogP) is 0.642. The lowest BCUT2D eigenvalue weighted by Crippen LogP contribution is -2.62. The summed E-state index contributed by atoms with van der Waals surface area (Å²) in [7, 11) is 0. The molecule has 2 aliphatic heterocycles. The third-order valence-corrected chi connectivity index (χ3v) is 2.46. The van der Waals surface area contributed by atoms with Crippen molar-refractivity contribution in [3.05, 3.63) is 12.3 Å². The zero-order chi connectivity index (χ0) is 8.06. The molecule has 3 nitrogen and oxygen atoms in total. The summed E-state index contributed by atoms with van der Waals surface area (Å²) < 4.78 is 10.6. The number of hydrogen-bond donors (Lipinski definition) is 1. The lowest BCUT2D eigenvalue weighted by atomic mass is 9.85. The fraction of sp³-hybridized carbons (Fsp3) is 0.750. The molecule has 0 amide bonds. The molecule has 0 aromatic carbocycles. The molecule has 0 spiro atoms. The van der Waals surface area contributed by atoms with Crippen molar-refractivity contribution in [2.75, 3.05) is 0 Å². The van der Waals surface area contributed by atoms with Crippen molar-refractivity contribution in [2.45, 2.75) is 31.8 Å². The van der Waals surface area contributed by atoms with Crippen LogP contribution in [-0.2, 0) is 9.47 Å². The van der Waals surface area contributed by atoms with Crippen LogP contribution in [0.3, 0.4) is 0 Å². The number of aliphatic hydroxyl groups excluding tert-OH is 1. The van der Waals surface area contributed by atoms with Crippen molar-refractivity contribution in [3.8, 4) is 0 Å². The van der Waals surface area contributed by atoms with Crippen LogP contribution in [0.15, 0.2) is 12.3 Å². The van der Waals surface area contributed by atoms with Gasteiger partial charge in [0.05, 0.1) is 18.3 Å². The van der Waals surface area contributed by atoms with Gasteiger partial charge in [-0.05, 0) is 19.9 Å². The maximum Gasteiger partial charge on any atom is 0.244 e. The van der Waals surface area contributed by atoms with Gasteiger partial charge in [0, 0.05) is 0 Å². The Morgan fingerprint density at radius 3 is 2.82 bits per heavy atom. The molecule has 62 valence electrons. The second-order valence-corrected chi connectivity index (χ2v) is 3.19.